The molecule has 1 aromatic rings. The lowest BCUT2D eigenvalue weighted by molar-refractivity contribution is -0.130. The van der Waals surface area contributed by atoms with E-state index in [4.69, 9.17) is 0 Å². The van der Waals surface area contributed by atoms with Gasteiger partial charge in [0, 0.05) is 25.0 Å². The molecule has 1 aliphatic rings. The molecule has 20 heavy (non-hydrogen) atoms. The molecule has 1 atom stereocenters. The Morgan fingerprint density at radius 2 is 2.35 bits per heavy atom. The van der Waals surface area contributed by atoms with E-state index in [1.807, 2.05) is 13.0 Å². The predicted molar refractivity (Wildman–Crippen MR) is 77.2 cm³/mol. The number of pyridine rings is 1. The fraction of sp³-hybridized carbons (Fsp3) is 0.538. The average Bonchev–Trinajstić information content (AvgIpc) is 2.78. The van der Waals surface area contributed by atoms with E-state index in [0.717, 1.165) is 5.69 Å². The summed E-state index contributed by atoms with van der Waals surface area (Å²) < 4.78 is 23.0. The van der Waals surface area contributed by atoms with Crippen molar-refractivity contribution in [2.45, 2.75) is 19.4 Å². The summed E-state index contributed by atoms with van der Waals surface area (Å²) in [7, 11) is -2.98. The Labute approximate surface area is 119 Å². The molecule has 0 radical (unpaired) electrons. The predicted octanol–water partition coefficient (Wildman–Crippen LogP) is 0.529. The third-order valence-electron chi connectivity index (χ3n) is 3.42. The highest BCUT2D eigenvalue weighted by Gasteiger charge is 2.33. The van der Waals surface area contributed by atoms with Gasteiger partial charge in [0.15, 0.2) is 9.84 Å². The first kappa shape index (κ1) is 14.8. The van der Waals surface area contributed by atoms with Gasteiger partial charge in [-0.15, -0.1) is 0 Å². The number of carbonyl (C=O) groups excluding carboxylic acids is 1. The Morgan fingerprint density at radius 3 is 2.90 bits per heavy atom. The molecule has 7 heteroatoms. The van der Waals surface area contributed by atoms with E-state index in [1.165, 1.54) is 0 Å². The summed E-state index contributed by atoms with van der Waals surface area (Å²) in [5.41, 5.74) is 0.774. The van der Waals surface area contributed by atoms with Crippen LogP contribution in [0.25, 0.3) is 0 Å². The van der Waals surface area contributed by atoms with E-state index < -0.39 is 9.84 Å². The van der Waals surface area contributed by atoms with Gasteiger partial charge in [-0.1, -0.05) is 0 Å². The molecule has 1 unspecified atom stereocenters. The minimum absolute atomic E-state index is 0.0828. The zero-order chi connectivity index (χ0) is 14.6. The van der Waals surface area contributed by atoms with E-state index in [-0.39, 0.29) is 30.0 Å². The summed E-state index contributed by atoms with van der Waals surface area (Å²) >= 11 is 0. The number of nitrogens with one attached hydrogen (secondary N) is 1. The first-order chi connectivity index (χ1) is 9.52. The maximum atomic E-state index is 12.2. The Morgan fingerprint density at radius 1 is 1.55 bits per heavy atom. The van der Waals surface area contributed by atoms with Crippen molar-refractivity contribution in [1.29, 1.82) is 0 Å². The van der Waals surface area contributed by atoms with Crippen molar-refractivity contribution >= 4 is 21.4 Å². The van der Waals surface area contributed by atoms with E-state index in [1.54, 1.807) is 23.4 Å². The number of carbonyl (C=O) groups is 1. The lowest BCUT2D eigenvalue weighted by Gasteiger charge is -2.27. The topological polar surface area (TPSA) is 79.4 Å². The van der Waals surface area contributed by atoms with Crippen LogP contribution in [0.5, 0.6) is 0 Å². The van der Waals surface area contributed by atoms with Gasteiger partial charge in [0.25, 0.3) is 0 Å². The minimum atomic E-state index is -2.98. The molecular formula is C13H19N3O3S. The second kappa shape index (κ2) is 6.21. The van der Waals surface area contributed by atoms with Crippen molar-refractivity contribution in [1.82, 2.24) is 9.88 Å². The number of amides is 1. The summed E-state index contributed by atoms with van der Waals surface area (Å²) in [4.78, 5) is 17.8. The number of nitrogens with zero attached hydrogens (tertiary/aromatic N) is 2. The summed E-state index contributed by atoms with van der Waals surface area (Å²) in [6.07, 6.45) is 3.84. The highest BCUT2D eigenvalue weighted by molar-refractivity contribution is 7.91. The van der Waals surface area contributed by atoms with Crippen LogP contribution >= 0.6 is 0 Å². The van der Waals surface area contributed by atoms with E-state index in [9.17, 15) is 13.2 Å². The molecule has 0 aromatic carbocycles. The van der Waals surface area contributed by atoms with Crippen molar-refractivity contribution in [3.05, 3.63) is 24.5 Å². The van der Waals surface area contributed by atoms with Crippen LogP contribution in [-0.2, 0) is 14.6 Å². The molecule has 2 rings (SSSR count). The Hall–Kier alpha value is -1.63. The van der Waals surface area contributed by atoms with Crippen molar-refractivity contribution in [2.75, 3.05) is 29.9 Å². The number of sulfone groups is 1. The first-order valence-electron chi connectivity index (χ1n) is 6.65. The summed E-state index contributed by atoms with van der Waals surface area (Å²) in [5, 5.41) is 3.00. The molecule has 110 valence electrons. The van der Waals surface area contributed by atoms with Crippen molar-refractivity contribution in [2.24, 2.45) is 0 Å². The summed E-state index contributed by atoms with van der Waals surface area (Å²) in [5.74, 6) is 0.176. The monoisotopic (exact) mass is 297 g/mol. The van der Waals surface area contributed by atoms with Gasteiger partial charge in [0.05, 0.1) is 23.7 Å². The zero-order valence-corrected chi connectivity index (χ0v) is 12.3. The molecule has 6 nitrogen and oxygen atoms in total. The molecule has 0 spiro atoms. The molecule has 0 saturated carbocycles. The van der Waals surface area contributed by atoms with Crippen LogP contribution in [0.4, 0.5) is 5.69 Å². The maximum Gasteiger partial charge on any atom is 0.242 e. The van der Waals surface area contributed by atoms with Gasteiger partial charge in [-0.05, 0) is 25.5 Å². The molecule has 1 saturated heterocycles. The third-order valence-corrected chi connectivity index (χ3v) is 5.17. The van der Waals surface area contributed by atoms with E-state index in [2.05, 4.69) is 10.3 Å². The standard InChI is InChI=1S/C13H19N3O3S/c1-2-16(12-5-7-20(18,19)10-12)13(17)9-15-11-4-3-6-14-8-11/h3-4,6,8,12,15H,2,5,7,9-10H2,1H3. The molecule has 2 heterocycles. The van der Waals surface area contributed by atoms with Gasteiger partial charge in [0.1, 0.15) is 0 Å². The van der Waals surface area contributed by atoms with Gasteiger partial charge < -0.3 is 10.2 Å². The van der Waals surface area contributed by atoms with Crippen LogP contribution < -0.4 is 5.32 Å². The minimum Gasteiger partial charge on any atom is -0.375 e. The number of anilines is 1. The first-order valence-corrected chi connectivity index (χ1v) is 8.48. The lowest BCUT2D eigenvalue weighted by Crippen LogP contribution is -2.43. The molecule has 0 bridgehead atoms. The van der Waals surface area contributed by atoms with Gasteiger partial charge in [-0.3, -0.25) is 9.78 Å². The highest BCUT2D eigenvalue weighted by atomic mass is 32.2. The number of hydrogen-bond donors (Lipinski definition) is 1. The van der Waals surface area contributed by atoms with Crippen molar-refractivity contribution in [3.8, 4) is 0 Å². The molecular weight excluding hydrogens is 278 g/mol. The second-order valence-electron chi connectivity index (χ2n) is 4.83. The van der Waals surface area contributed by atoms with Crippen LogP contribution in [0.15, 0.2) is 24.5 Å². The smallest absolute Gasteiger partial charge is 0.242 e. The largest absolute Gasteiger partial charge is 0.375 e. The fourth-order valence-corrected chi connectivity index (χ4v) is 4.14. The van der Waals surface area contributed by atoms with Crippen LogP contribution in [0, 0.1) is 0 Å². The summed E-state index contributed by atoms with van der Waals surface area (Å²) in [6, 6.07) is 3.43. The van der Waals surface area contributed by atoms with Crippen LogP contribution in [-0.4, -0.2) is 54.8 Å². The van der Waals surface area contributed by atoms with Gasteiger partial charge in [-0.25, -0.2) is 8.42 Å². The van der Waals surface area contributed by atoms with Crippen LogP contribution in [0.2, 0.25) is 0 Å². The molecule has 1 aromatic heterocycles. The Bertz CT molecular complexity index is 559. The van der Waals surface area contributed by atoms with Crippen molar-refractivity contribution < 1.29 is 13.2 Å². The van der Waals surface area contributed by atoms with Gasteiger partial charge in [0.2, 0.25) is 5.91 Å². The van der Waals surface area contributed by atoms with Crippen LogP contribution in [0.3, 0.4) is 0 Å². The Balaban J connectivity index is 1.93. The molecule has 0 aliphatic carbocycles. The van der Waals surface area contributed by atoms with E-state index in [0.29, 0.717) is 13.0 Å². The maximum absolute atomic E-state index is 12.2. The highest BCUT2D eigenvalue weighted by Crippen LogP contribution is 2.17. The lowest BCUT2D eigenvalue weighted by atomic mass is 10.2. The summed E-state index contributed by atoms with van der Waals surface area (Å²) in [6.45, 7) is 2.54. The number of hydrogen-bond acceptors (Lipinski definition) is 5. The Kier molecular flexibility index (Phi) is 4.59. The van der Waals surface area contributed by atoms with Crippen LogP contribution in [0.1, 0.15) is 13.3 Å². The molecule has 1 fully saturated rings. The fourth-order valence-electron chi connectivity index (χ4n) is 2.41. The molecule has 1 aliphatic heterocycles. The average molecular weight is 297 g/mol. The van der Waals surface area contributed by atoms with Gasteiger partial charge in [-0.2, -0.15) is 0 Å². The number of aromatic nitrogens is 1. The molecule has 1 amide bonds. The molecule has 1 N–H and O–H groups in total. The number of rotatable bonds is 5. The van der Waals surface area contributed by atoms with Gasteiger partial charge >= 0.3 is 0 Å². The normalized spacial score (nSPS) is 20.6. The quantitative estimate of drug-likeness (QED) is 0.857. The van der Waals surface area contributed by atoms with Crippen molar-refractivity contribution in [3.63, 3.8) is 0 Å². The third kappa shape index (κ3) is 3.69. The number of likely N-dealkylation sites (N-methyl/N-ethyl adjacent to an activating group) is 1. The van der Waals surface area contributed by atoms with E-state index >= 15 is 0 Å². The zero-order valence-electron chi connectivity index (χ0n) is 11.4. The second-order valence-corrected chi connectivity index (χ2v) is 7.06. The SMILES string of the molecule is CCN(C(=O)CNc1cccnc1)C1CCS(=O)(=O)C1.